The molecule has 0 aliphatic carbocycles. The summed E-state index contributed by atoms with van der Waals surface area (Å²) in [6, 6.07) is 1.04. The SMILES string of the molecule is CCC(C(N)=O)N1CC2CCCN2CC1C. The number of hydrogen-bond acceptors (Lipinski definition) is 3. The van der Waals surface area contributed by atoms with Gasteiger partial charge in [-0.05, 0) is 32.7 Å². The maximum Gasteiger partial charge on any atom is 0.234 e. The molecule has 2 rings (SSSR count). The lowest BCUT2D eigenvalue weighted by atomic mass is 10.0. The molecule has 1 amide bonds. The Bertz CT molecular complexity index is 269. The monoisotopic (exact) mass is 225 g/mol. The molecule has 92 valence electrons. The summed E-state index contributed by atoms with van der Waals surface area (Å²) in [5, 5.41) is 0. The van der Waals surface area contributed by atoms with Gasteiger partial charge in [0.15, 0.2) is 0 Å². The molecule has 0 bridgehead atoms. The van der Waals surface area contributed by atoms with Gasteiger partial charge in [0.25, 0.3) is 0 Å². The van der Waals surface area contributed by atoms with Crippen molar-refractivity contribution < 1.29 is 4.79 Å². The van der Waals surface area contributed by atoms with Crippen molar-refractivity contribution in [2.45, 2.75) is 51.2 Å². The van der Waals surface area contributed by atoms with Crippen molar-refractivity contribution in [3.05, 3.63) is 0 Å². The Labute approximate surface area is 97.8 Å². The van der Waals surface area contributed by atoms with Crippen molar-refractivity contribution in [2.24, 2.45) is 5.73 Å². The molecule has 3 atom stereocenters. The minimum absolute atomic E-state index is 0.0715. The van der Waals surface area contributed by atoms with Gasteiger partial charge < -0.3 is 5.73 Å². The number of amides is 1. The maximum absolute atomic E-state index is 11.4. The van der Waals surface area contributed by atoms with Crippen LogP contribution in [-0.4, -0.2) is 53.5 Å². The van der Waals surface area contributed by atoms with Crippen LogP contribution in [0.1, 0.15) is 33.1 Å². The molecule has 4 heteroatoms. The number of nitrogens with zero attached hydrogens (tertiary/aromatic N) is 2. The van der Waals surface area contributed by atoms with Crippen LogP contribution in [0.4, 0.5) is 0 Å². The molecular weight excluding hydrogens is 202 g/mol. The topological polar surface area (TPSA) is 49.6 Å². The van der Waals surface area contributed by atoms with Crippen molar-refractivity contribution in [1.29, 1.82) is 0 Å². The first-order chi connectivity index (χ1) is 7.63. The van der Waals surface area contributed by atoms with Crippen molar-refractivity contribution >= 4 is 5.91 Å². The van der Waals surface area contributed by atoms with E-state index in [-0.39, 0.29) is 11.9 Å². The molecule has 0 spiro atoms. The van der Waals surface area contributed by atoms with Gasteiger partial charge in [-0.1, -0.05) is 6.92 Å². The fourth-order valence-corrected chi connectivity index (χ4v) is 3.24. The lowest BCUT2D eigenvalue weighted by Gasteiger charge is -2.45. The summed E-state index contributed by atoms with van der Waals surface area (Å²) in [6.45, 7) is 7.59. The third-order valence-corrected chi connectivity index (χ3v) is 4.10. The van der Waals surface area contributed by atoms with E-state index in [1.54, 1.807) is 0 Å². The summed E-state index contributed by atoms with van der Waals surface area (Å²) in [5.41, 5.74) is 5.48. The standard InChI is InChI=1S/C12H23N3O/c1-3-11(12(13)16)15-8-10-5-4-6-14(10)7-9(15)2/h9-11H,3-8H2,1-2H3,(H2,13,16). The first-order valence-corrected chi connectivity index (χ1v) is 6.42. The number of primary amides is 1. The highest BCUT2D eigenvalue weighted by Gasteiger charge is 2.38. The second kappa shape index (κ2) is 4.72. The van der Waals surface area contributed by atoms with Crippen LogP contribution < -0.4 is 5.73 Å². The van der Waals surface area contributed by atoms with E-state index in [2.05, 4.69) is 16.7 Å². The fourth-order valence-electron chi connectivity index (χ4n) is 3.24. The van der Waals surface area contributed by atoms with E-state index in [1.807, 2.05) is 6.92 Å². The molecule has 0 aromatic carbocycles. The highest BCUT2D eigenvalue weighted by atomic mass is 16.1. The zero-order valence-corrected chi connectivity index (χ0v) is 10.4. The van der Waals surface area contributed by atoms with Gasteiger partial charge in [0.2, 0.25) is 5.91 Å². The second-order valence-corrected chi connectivity index (χ2v) is 5.16. The number of nitrogens with two attached hydrogens (primary N) is 1. The Kier molecular flexibility index (Phi) is 3.50. The number of hydrogen-bond donors (Lipinski definition) is 1. The third-order valence-electron chi connectivity index (χ3n) is 4.10. The first-order valence-electron chi connectivity index (χ1n) is 6.42. The molecule has 2 fully saturated rings. The lowest BCUT2D eigenvalue weighted by Crippen LogP contribution is -2.60. The molecule has 2 heterocycles. The van der Waals surface area contributed by atoms with Gasteiger partial charge >= 0.3 is 0 Å². The predicted molar refractivity (Wildman–Crippen MR) is 64.0 cm³/mol. The van der Waals surface area contributed by atoms with Crippen LogP contribution in [0.3, 0.4) is 0 Å². The second-order valence-electron chi connectivity index (χ2n) is 5.16. The third kappa shape index (κ3) is 2.09. The lowest BCUT2D eigenvalue weighted by molar-refractivity contribution is -0.125. The van der Waals surface area contributed by atoms with E-state index in [9.17, 15) is 4.79 Å². The molecular formula is C12H23N3O. The molecule has 0 radical (unpaired) electrons. The summed E-state index contributed by atoms with van der Waals surface area (Å²) in [4.78, 5) is 16.3. The van der Waals surface area contributed by atoms with E-state index in [4.69, 9.17) is 5.73 Å². The summed E-state index contributed by atoms with van der Waals surface area (Å²) >= 11 is 0. The molecule has 0 aromatic heterocycles. The maximum atomic E-state index is 11.4. The van der Waals surface area contributed by atoms with Crippen LogP contribution in [0.25, 0.3) is 0 Å². The normalized spacial score (nSPS) is 33.6. The number of carbonyl (C=O) groups is 1. The van der Waals surface area contributed by atoms with Gasteiger partial charge in [-0.15, -0.1) is 0 Å². The van der Waals surface area contributed by atoms with Gasteiger partial charge in [-0.3, -0.25) is 14.6 Å². The molecule has 0 aromatic rings. The van der Waals surface area contributed by atoms with Crippen molar-refractivity contribution in [1.82, 2.24) is 9.80 Å². The summed E-state index contributed by atoms with van der Waals surface area (Å²) < 4.78 is 0. The van der Waals surface area contributed by atoms with Crippen LogP contribution in [-0.2, 0) is 4.79 Å². The van der Waals surface area contributed by atoms with Crippen LogP contribution in [0.2, 0.25) is 0 Å². The summed E-state index contributed by atoms with van der Waals surface area (Å²) in [5.74, 6) is -0.166. The molecule has 2 aliphatic heterocycles. The Morgan fingerprint density at radius 2 is 2.25 bits per heavy atom. The van der Waals surface area contributed by atoms with E-state index in [0.29, 0.717) is 12.1 Å². The Morgan fingerprint density at radius 1 is 1.50 bits per heavy atom. The predicted octanol–water partition coefficient (Wildman–Crippen LogP) is 0.419. The van der Waals surface area contributed by atoms with Crippen LogP contribution in [0, 0.1) is 0 Å². The van der Waals surface area contributed by atoms with Gasteiger partial charge in [-0.25, -0.2) is 0 Å². The summed E-state index contributed by atoms with van der Waals surface area (Å²) in [6.07, 6.45) is 3.41. The molecule has 16 heavy (non-hydrogen) atoms. The van der Waals surface area contributed by atoms with E-state index < -0.39 is 0 Å². The van der Waals surface area contributed by atoms with Crippen LogP contribution in [0.15, 0.2) is 0 Å². The number of carbonyl (C=O) groups excluding carboxylic acids is 1. The van der Waals surface area contributed by atoms with E-state index in [1.165, 1.54) is 19.4 Å². The molecule has 3 unspecified atom stereocenters. The molecule has 0 saturated carbocycles. The first kappa shape index (κ1) is 11.9. The van der Waals surface area contributed by atoms with Crippen molar-refractivity contribution in [3.63, 3.8) is 0 Å². The number of rotatable bonds is 3. The van der Waals surface area contributed by atoms with Gasteiger partial charge in [0.1, 0.15) is 0 Å². The van der Waals surface area contributed by atoms with Crippen LogP contribution in [0.5, 0.6) is 0 Å². The van der Waals surface area contributed by atoms with Crippen molar-refractivity contribution in [3.8, 4) is 0 Å². The van der Waals surface area contributed by atoms with Crippen LogP contribution >= 0.6 is 0 Å². The highest BCUT2D eigenvalue weighted by molar-refractivity contribution is 5.79. The molecule has 2 N–H and O–H groups in total. The average Bonchev–Trinajstić information content (AvgIpc) is 2.65. The zero-order chi connectivity index (χ0) is 11.7. The molecule has 2 aliphatic rings. The number of fused-ring (bicyclic) bond motifs is 1. The minimum Gasteiger partial charge on any atom is -0.368 e. The average molecular weight is 225 g/mol. The number of piperazine rings is 1. The largest absolute Gasteiger partial charge is 0.368 e. The summed E-state index contributed by atoms with van der Waals surface area (Å²) in [7, 11) is 0. The fraction of sp³-hybridized carbons (Fsp3) is 0.917. The van der Waals surface area contributed by atoms with Gasteiger partial charge in [0, 0.05) is 25.2 Å². The van der Waals surface area contributed by atoms with Crippen molar-refractivity contribution in [2.75, 3.05) is 19.6 Å². The minimum atomic E-state index is -0.166. The Balaban J connectivity index is 2.06. The smallest absolute Gasteiger partial charge is 0.234 e. The zero-order valence-electron chi connectivity index (χ0n) is 10.4. The Hall–Kier alpha value is -0.610. The van der Waals surface area contributed by atoms with Gasteiger partial charge in [0.05, 0.1) is 6.04 Å². The quantitative estimate of drug-likeness (QED) is 0.757. The van der Waals surface area contributed by atoms with E-state index in [0.717, 1.165) is 19.5 Å². The molecule has 2 saturated heterocycles. The van der Waals surface area contributed by atoms with E-state index >= 15 is 0 Å². The Morgan fingerprint density at radius 3 is 2.88 bits per heavy atom. The van der Waals surface area contributed by atoms with Gasteiger partial charge in [-0.2, -0.15) is 0 Å². The molecule has 4 nitrogen and oxygen atoms in total. The highest BCUT2D eigenvalue weighted by Crippen LogP contribution is 2.26.